The molecule has 4 rings (SSSR count). The normalized spacial score (nSPS) is 20.5. The van der Waals surface area contributed by atoms with Gasteiger partial charge < -0.3 is 19.2 Å². The van der Waals surface area contributed by atoms with Gasteiger partial charge in [-0.1, -0.05) is 11.3 Å². The lowest BCUT2D eigenvalue weighted by atomic mass is 9.94. The summed E-state index contributed by atoms with van der Waals surface area (Å²) in [6.07, 6.45) is 5.05. The molecule has 0 aliphatic carbocycles. The summed E-state index contributed by atoms with van der Waals surface area (Å²) in [5, 5.41) is 3.30. The van der Waals surface area contributed by atoms with Crippen LogP contribution in [0.4, 0.5) is 5.13 Å². The molecule has 2 aliphatic rings. The smallest absolute Gasteiger partial charge is 0.240 e. The van der Waals surface area contributed by atoms with Gasteiger partial charge in [-0.25, -0.2) is 4.98 Å². The number of methoxy groups -OCH3 is 1. The van der Waals surface area contributed by atoms with E-state index >= 15 is 0 Å². The Hall–Kier alpha value is -2.07. The minimum absolute atomic E-state index is 0.0439. The van der Waals surface area contributed by atoms with E-state index in [1.807, 2.05) is 0 Å². The van der Waals surface area contributed by atoms with Gasteiger partial charge in [-0.2, -0.15) is 0 Å². The molecule has 2 aromatic heterocycles. The summed E-state index contributed by atoms with van der Waals surface area (Å²) in [5.74, 6) is 0.350. The first-order chi connectivity index (χ1) is 14.7. The molecular weight excluding hydrogens is 406 g/mol. The fourth-order valence-corrected chi connectivity index (χ4v) is 5.10. The molecule has 0 spiro atoms. The van der Waals surface area contributed by atoms with Crippen molar-refractivity contribution in [2.75, 3.05) is 45.3 Å². The van der Waals surface area contributed by atoms with Gasteiger partial charge in [0.15, 0.2) is 16.7 Å². The molecule has 0 radical (unpaired) electrons. The minimum atomic E-state index is -0.136. The van der Waals surface area contributed by atoms with Gasteiger partial charge in [-0.05, 0) is 44.4 Å². The summed E-state index contributed by atoms with van der Waals surface area (Å²) in [6.45, 7) is 2.97. The minimum Gasteiger partial charge on any atom is -0.463 e. The van der Waals surface area contributed by atoms with Gasteiger partial charge in [-0.15, -0.1) is 0 Å². The fourth-order valence-electron chi connectivity index (χ4n) is 4.09. The zero-order valence-electron chi connectivity index (χ0n) is 17.1. The van der Waals surface area contributed by atoms with Gasteiger partial charge in [-0.3, -0.25) is 14.5 Å². The molecule has 2 saturated heterocycles. The number of rotatable bonds is 8. The average molecular weight is 434 g/mol. The molecule has 0 saturated carbocycles. The maximum Gasteiger partial charge on any atom is 0.240 e. The number of aromatic nitrogens is 1. The molecule has 1 amide bonds. The molecule has 30 heavy (non-hydrogen) atoms. The number of nitrogens with zero attached hydrogens (tertiary/aromatic N) is 2. The third kappa shape index (κ3) is 4.80. The quantitative estimate of drug-likeness (QED) is 0.640. The summed E-state index contributed by atoms with van der Waals surface area (Å²) in [6, 6.07) is 3.81. The highest BCUT2D eigenvalue weighted by Gasteiger charge is 2.30. The topological polar surface area (TPSA) is 93.9 Å². The van der Waals surface area contributed by atoms with E-state index in [0.717, 1.165) is 19.4 Å². The van der Waals surface area contributed by atoms with Crippen molar-refractivity contribution in [1.82, 2.24) is 9.88 Å². The van der Waals surface area contributed by atoms with Crippen molar-refractivity contribution >= 4 is 28.2 Å². The number of anilines is 1. The Morgan fingerprint density at radius 3 is 2.90 bits per heavy atom. The SMILES string of the molecule is COC[C@H]1CCCN1CC(=O)Nc1nc(-c2ccco2)c(C(=O)C2CCOCC2)s1. The van der Waals surface area contributed by atoms with Crippen LogP contribution in [0.5, 0.6) is 0 Å². The Kier molecular flexibility index (Phi) is 6.93. The molecule has 1 atom stereocenters. The molecule has 9 heteroatoms. The number of hydrogen-bond donors (Lipinski definition) is 1. The first kappa shape index (κ1) is 21.2. The van der Waals surface area contributed by atoms with Crippen molar-refractivity contribution in [2.45, 2.75) is 31.7 Å². The summed E-state index contributed by atoms with van der Waals surface area (Å²) in [4.78, 5) is 33.0. The van der Waals surface area contributed by atoms with E-state index in [-0.39, 0.29) is 30.2 Å². The monoisotopic (exact) mass is 433 g/mol. The number of thiazole rings is 1. The van der Waals surface area contributed by atoms with Gasteiger partial charge >= 0.3 is 0 Å². The summed E-state index contributed by atoms with van der Waals surface area (Å²) in [7, 11) is 1.68. The number of ketones is 1. The van der Waals surface area contributed by atoms with Crippen molar-refractivity contribution in [3.63, 3.8) is 0 Å². The first-order valence-corrected chi connectivity index (χ1v) is 11.2. The molecule has 0 bridgehead atoms. The van der Waals surface area contributed by atoms with Crippen LogP contribution in [-0.4, -0.2) is 67.6 Å². The number of likely N-dealkylation sites (tertiary alicyclic amines) is 1. The molecule has 0 aromatic carbocycles. The van der Waals surface area contributed by atoms with Gasteiger partial charge in [0, 0.05) is 32.3 Å². The van der Waals surface area contributed by atoms with Crippen LogP contribution >= 0.6 is 11.3 Å². The van der Waals surface area contributed by atoms with Crippen LogP contribution in [-0.2, 0) is 14.3 Å². The number of furan rings is 1. The second-order valence-electron chi connectivity index (χ2n) is 7.69. The fraction of sp³-hybridized carbons (Fsp3) is 0.571. The number of ether oxygens (including phenoxy) is 2. The van der Waals surface area contributed by atoms with Gasteiger partial charge in [0.1, 0.15) is 10.6 Å². The zero-order chi connectivity index (χ0) is 20.9. The largest absolute Gasteiger partial charge is 0.463 e. The lowest BCUT2D eigenvalue weighted by Gasteiger charge is -2.22. The number of carbonyl (C=O) groups is 2. The molecule has 1 N–H and O–H groups in total. The number of amides is 1. The number of hydrogen-bond acceptors (Lipinski definition) is 8. The van der Waals surface area contributed by atoms with Crippen LogP contribution in [0.3, 0.4) is 0 Å². The number of carbonyl (C=O) groups excluding carboxylic acids is 2. The van der Waals surface area contributed by atoms with Crippen LogP contribution in [0.25, 0.3) is 11.5 Å². The Morgan fingerprint density at radius 2 is 2.17 bits per heavy atom. The average Bonchev–Trinajstić information content (AvgIpc) is 3.50. The molecule has 4 heterocycles. The van der Waals surface area contributed by atoms with Crippen LogP contribution < -0.4 is 5.32 Å². The van der Waals surface area contributed by atoms with E-state index in [1.165, 1.54) is 11.3 Å². The third-order valence-corrected chi connectivity index (χ3v) is 6.63. The maximum absolute atomic E-state index is 13.1. The highest BCUT2D eigenvalue weighted by Crippen LogP contribution is 2.35. The van der Waals surface area contributed by atoms with Gasteiger partial charge in [0.05, 0.1) is 19.4 Å². The predicted molar refractivity (Wildman–Crippen MR) is 113 cm³/mol. The molecule has 2 aromatic rings. The maximum atomic E-state index is 13.1. The van der Waals surface area contributed by atoms with Gasteiger partial charge in [0.25, 0.3) is 0 Å². The Balaban J connectivity index is 1.49. The molecule has 8 nitrogen and oxygen atoms in total. The number of nitrogens with one attached hydrogen (secondary N) is 1. The first-order valence-electron chi connectivity index (χ1n) is 10.3. The van der Waals surface area contributed by atoms with E-state index in [9.17, 15) is 9.59 Å². The Bertz CT molecular complexity index is 860. The zero-order valence-corrected chi connectivity index (χ0v) is 17.9. The van der Waals surface area contributed by atoms with E-state index in [0.29, 0.717) is 54.1 Å². The number of Topliss-reactive ketones (excluding diaryl/α,β-unsaturated/α-hetero) is 1. The van der Waals surface area contributed by atoms with E-state index < -0.39 is 0 Å². The highest BCUT2D eigenvalue weighted by atomic mass is 32.1. The van der Waals surface area contributed by atoms with Crippen molar-refractivity contribution in [1.29, 1.82) is 0 Å². The third-order valence-electron chi connectivity index (χ3n) is 5.65. The predicted octanol–water partition coefficient (Wildman–Crippen LogP) is 3.06. The lowest BCUT2D eigenvalue weighted by Crippen LogP contribution is -2.38. The van der Waals surface area contributed by atoms with E-state index in [1.54, 1.807) is 25.5 Å². The Labute approximate surface area is 179 Å². The van der Waals surface area contributed by atoms with Crippen LogP contribution in [0.2, 0.25) is 0 Å². The Morgan fingerprint density at radius 1 is 1.33 bits per heavy atom. The molecule has 2 aliphatic heterocycles. The molecule has 162 valence electrons. The summed E-state index contributed by atoms with van der Waals surface area (Å²) < 4.78 is 16.1. The van der Waals surface area contributed by atoms with E-state index in [2.05, 4.69) is 15.2 Å². The summed E-state index contributed by atoms with van der Waals surface area (Å²) in [5.41, 5.74) is 0.496. The second kappa shape index (κ2) is 9.82. The van der Waals surface area contributed by atoms with E-state index in [4.69, 9.17) is 13.9 Å². The van der Waals surface area contributed by atoms with Crippen LogP contribution in [0.1, 0.15) is 35.4 Å². The highest BCUT2D eigenvalue weighted by molar-refractivity contribution is 7.18. The van der Waals surface area contributed by atoms with Crippen LogP contribution in [0.15, 0.2) is 22.8 Å². The standard InChI is InChI=1S/C21H27N3O5S/c1-27-13-15-4-2-8-24(15)12-17(25)22-21-23-18(16-5-3-9-29-16)20(30-21)19(26)14-6-10-28-11-7-14/h3,5,9,14-15H,2,4,6-8,10-13H2,1H3,(H,22,23,25)/t15-/m1/s1. The second-order valence-corrected chi connectivity index (χ2v) is 8.69. The lowest BCUT2D eigenvalue weighted by molar-refractivity contribution is -0.117. The summed E-state index contributed by atoms with van der Waals surface area (Å²) >= 11 is 1.22. The van der Waals surface area contributed by atoms with Gasteiger partial charge in [0.2, 0.25) is 5.91 Å². The van der Waals surface area contributed by atoms with Crippen molar-refractivity contribution in [2.24, 2.45) is 5.92 Å². The van der Waals surface area contributed by atoms with Crippen LogP contribution in [0, 0.1) is 5.92 Å². The van der Waals surface area contributed by atoms with Crippen molar-refractivity contribution < 1.29 is 23.5 Å². The van der Waals surface area contributed by atoms with Crippen molar-refractivity contribution in [3.8, 4) is 11.5 Å². The molecular formula is C21H27N3O5S. The van der Waals surface area contributed by atoms with Crippen molar-refractivity contribution in [3.05, 3.63) is 23.3 Å². The molecule has 0 unspecified atom stereocenters. The molecule has 2 fully saturated rings.